The zero-order valence-corrected chi connectivity index (χ0v) is 60.1. The summed E-state index contributed by atoms with van der Waals surface area (Å²) in [7, 11) is -17.5. The molecule has 0 saturated heterocycles. The molecule has 2 rings (SSSR count). The van der Waals surface area contributed by atoms with Crippen LogP contribution in [0, 0.1) is 0 Å². The van der Waals surface area contributed by atoms with Crippen LogP contribution in [0.25, 0.3) is 0 Å². The van der Waals surface area contributed by atoms with Gasteiger partial charge in [0.25, 0.3) is 8.32 Å². The van der Waals surface area contributed by atoms with E-state index in [9.17, 15) is 19.2 Å². The monoisotopic (exact) mass is 1260 g/mol. The fraction of sp³-hybridized carbons (Fsp3) is 0.619. The molecule has 0 amide bonds. The number of allylic oxidation sites excluding steroid dienone is 1. The summed E-state index contributed by atoms with van der Waals surface area (Å²) in [5.41, 5.74) is -0.702. The summed E-state index contributed by atoms with van der Waals surface area (Å²) >= 11 is 0. The molecule has 2 aromatic carbocycles. The van der Waals surface area contributed by atoms with Crippen LogP contribution in [0.1, 0.15) is 107 Å². The van der Waals surface area contributed by atoms with Crippen molar-refractivity contribution in [2.75, 3.05) is 46.2 Å². The highest BCUT2D eigenvalue weighted by molar-refractivity contribution is 7.00. The lowest BCUT2D eigenvalue weighted by Crippen LogP contribution is -2.80. The quantitative estimate of drug-likeness (QED) is 0.0202. The average molecular weight is 1260 g/mol. The Kier molecular flexibility index (Phi) is 31.1. The Morgan fingerprint density at radius 3 is 1.24 bits per heavy atom. The van der Waals surface area contributed by atoms with Crippen LogP contribution in [0.15, 0.2) is 111 Å². The second-order valence-corrected chi connectivity index (χ2v) is 48.3. The molecule has 0 aliphatic rings. The van der Waals surface area contributed by atoms with Gasteiger partial charge in [0, 0.05) is 41.5 Å². The molecule has 20 heteroatoms. The summed E-state index contributed by atoms with van der Waals surface area (Å²) in [6.45, 7) is 52.0. The molecular weight excluding hydrogens is 1150 g/mol. The second kappa shape index (κ2) is 34.2. The van der Waals surface area contributed by atoms with Gasteiger partial charge in [-0.15, -0.1) is 0 Å². The molecule has 0 fully saturated rings. The number of ether oxygens (including phenoxy) is 3. The van der Waals surface area contributed by atoms with Gasteiger partial charge in [0.15, 0.2) is 22.4 Å². The lowest BCUT2D eigenvalue weighted by atomic mass is 9.81. The molecule has 0 aliphatic heterocycles. The maximum Gasteiger partial charge on any atom is 0.334 e. The fourth-order valence-electron chi connectivity index (χ4n) is 11.8. The molecule has 3 atom stereocenters. The van der Waals surface area contributed by atoms with Gasteiger partial charge < -0.3 is 45.2 Å². The van der Waals surface area contributed by atoms with Gasteiger partial charge in [0.05, 0.1) is 38.7 Å². The molecule has 0 spiro atoms. The third kappa shape index (κ3) is 20.3. The fourth-order valence-corrected chi connectivity index (χ4v) is 38.5. The van der Waals surface area contributed by atoms with Crippen molar-refractivity contribution < 1.29 is 64.4 Å². The van der Waals surface area contributed by atoms with Crippen molar-refractivity contribution in [3.63, 3.8) is 0 Å². The van der Waals surface area contributed by atoms with Crippen molar-refractivity contribution in [1.29, 1.82) is 0 Å². The number of benzene rings is 2. The molecule has 83 heavy (non-hydrogen) atoms. The first-order chi connectivity index (χ1) is 38.9. The summed E-state index contributed by atoms with van der Waals surface area (Å²) in [4.78, 5) is 48.0. The zero-order valence-electron chi connectivity index (χ0n) is 54.1. The Balaban J connectivity index is 2.87. The van der Waals surface area contributed by atoms with Gasteiger partial charge in [-0.1, -0.05) is 155 Å². The van der Waals surface area contributed by atoms with Gasteiger partial charge in [-0.25, -0.2) is 14.4 Å². The van der Waals surface area contributed by atoms with Crippen molar-refractivity contribution in [2.45, 2.75) is 204 Å². The minimum atomic E-state index is -3.61. The highest BCUT2D eigenvalue weighted by atomic mass is 28.4. The molecule has 0 bridgehead atoms. The Morgan fingerprint density at radius 1 is 0.470 bits per heavy atom. The van der Waals surface area contributed by atoms with E-state index in [4.69, 9.17) is 45.2 Å². The molecule has 14 nitrogen and oxygen atoms in total. The van der Waals surface area contributed by atoms with Crippen molar-refractivity contribution in [3.05, 3.63) is 111 Å². The summed E-state index contributed by atoms with van der Waals surface area (Å²) in [5, 5.41) is 0.608. The molecule has 0 aromatic heterocycles. The number of carbonyl (C=O) groups is 4. The van der Waals surface area contributed by atoms with E-state index in [2.05, 4.69) is 188 Å². The number of esters is 3. The van der Waals surface area contributed by atoms with Crippen LogP contribution in [0.2, 0.25) is 81.6 Å². The van der Waals surface area contributed by atoms with Crippen LogP contribution in [-0.2, 0) is 64.4 Å². The molecule has 3 unspecified atom stereocenters. The largest absolute Gasteiger partial charge is 0.460 e. The topological polar surface area (TPSA) is 161 Å². The molecule has 0 N–H and O–H groups in total. The van der Waals surface area contributed by atoms with Crippen molar-refractivity contribution >= 4 is 84.2 Å². The second-order valence-electron chi connectivity index (χ2n) is 24.1. The van der Waals surface area contributed by atoms with Crippen LogP contribution >= 0.6 is 0 Å². The Labute approximate surface area is 507 Å². The lowest BCUT2D eigenvalue weighted by Gasteiger charge is -2.62. The van der Waals surface area contributed by atoms with E-state index >= 15 is 0 Å². The van der Waals surface area contributed by atoms with Crippen LogP contribution in [0.3, 0.4) is 0 Å². The average Bonchev–Trinajstić information content (AvgIpc) is 1.37. The highest BCUT2D eigenvalue weighted by Crippen LogP contribution is 2.59. The molecule has 468 valence electrons. The molecule has 0 heterocycles. The zero-order chi connectivity index (χ0) is 62.9. The maximum absolute atomic E-state index is 12.1. The number of hydrogen-bond acceptors (Lipinski definition) is 14. The first-order valence-corrected chi connectivity index (χ1v) is 46.4. The molecule has 0 saturated carbocycles. The van der Waals surface area contributed by atoms with E-state index in [0.29, 0.717) is 50.4 Å². The lowest BCUT2D eigenvalue weighted by molar-refractivity contribution is -0.139. The summed E-state index contributed by atoms with van der Waals surface area (Å²) in [6.07, 6.45) is 10.1. The third-order valence-electron chi connectivity index (χ3n) is 18.0. The van der Waals surface area contributed by atoms with Crippen molar-refractivity contribution in [3.8, 4) is 0 Å². The summed E-state index contributed by atoms with van der Waals surface area (Å²) in [5.74, 6) is -1.59. The molecule has 2 aromatic rings. The van der Waals surface area contributed by atoms with E-state index in [1.54, 1.807) is 0 Å². The van der Waals surface area contributed by atoms with Gasteiger partial charge in [-0.05, 0) is 126 Å². The maximum atomic E-state index is 12.1. The first-order valence-electron chi connectivity index (χ1n) is 30.2. The SMILES string of the molecule is C=CC(=O)CCCO[Si](C)(CC[Si](C)(C)C(C)(CC)O[Si](C)(C)C(C)(CC)C(CC)(CC)O[Si](c1ccccc1)(c1ccccc1)C(CC)(CC)O[Si](C)(C)CC[Si](C)(OCCOC(=O)C=C)OCCOC(=O)C=C)OCCOC(=O)C=C. The Hall–Kier alpha value is -3.50. The normalized spacial score (nSPS) is 15.0. The smallest absolute Gasteiger partial charge is 0.334 e. The summed E-state index contributed by atoms with van der Waals surface area (Å²) < 4.78 is 67.1. The molecular formula is C63H108O14Si6. The minimum absolute atomic E-state index is 0.0229. The Morgan fingerprint density at radius 2 is 0.880 bits per heavy atom. The van der Waals surface area contributed by atoms with Gasteiger partial charge >= 0.3 is 35.0 Å². The third-order valence-corrected chi connectivity index (χ3v) is 41.7. The highest BCUT2D eigenvalue weighted by Gasteiger charge is 2.67. The van der Waals surface area contributed by atoms with Crippen molar-refractivity contribution in [2.24, 2.45) is 0 Å². The van der Waals surface area contributed by atoms with Crippen LogP contribution in [0.5, 0.6) is 0 Å². The summed E-state index contributed by atoms with van der Waals surface area (Å²) in [6, 6.07) is 24.6. The molecule has 0 aliphatic carbocycles. The number of ketones is 1. The van der Waals surface area contributed by atoms with E-state index < -0.39 is 89.1 Å². The van der Waals surface area contributed by atoms with Crippen LogP contribution in [-0.4, -0.2) is 136 Å². The molecule has 0 radical (unpaired) electrons. The minimum Gasteiger partial charge on any atom is -0.460 e. The number of rotatable bonds is 45. The van der Waals surface area contributed by atoms with Gasteiger partial charge in [-0.3, -0.25) is 4.79 Å². The number of carbonyl (C=O) groups excluding carboxylic acids is 4. The van der Waals surface area contributed by atoms with E-state index in [1.807, 2.05) is 6.55 Å². The van der Waals surface area contributed by atoms with Crippen molar-refractivity contribution in [1.82, 2.24) is 0 Å². The Bertz CT molecular complexity index is 2260. The van der Waals surface area contributed by atoms with Gasteiger partial charge in [-0.2, -0.15) is 0 Å². The van der Waals surface area contributed by atoms with E-state index in [1.165, 1.54) is 6.08 Å². The standard InChI is InChI=1S/C63H108O14Si6/c1-21-54(64)38-37-43-71-81(19,72-47-44-68-57(65)22-2)52-50-78(13,14)61(12,26-6)75-80(17,18)60(11,25-5)62(27-7,28-8)76-83(55-39-33-31-34-40-55,56-41-35-32-36-42-56)63(29-9,30-10)77-79(15,16)51-53-82(20,73-48-45-69-58(66)23-3)74-49-46-70-59(67)24-4/h21-24,31-36,39-42H,1-4,25-30,37-38,43-53H2,5-20H3. The van der Waals surface area contributed by atoms with E-state index in [-0.39, 0.29) is 45.4 Å². The van der Waals surface area contributed by atoms with Crippen LogP contribution < -0.4 is 10.4 Å². The number of hydrogen-bond donors (Lipinski definition) is 0. The van der Waals surface area contributed by atoms with Gasteiger partial charge in [0.1, 0.15) is 19.8 Å². The van der Waals surface area contributed by atoms with E-state index in [0.717, 1.165) is 60.3 Å². The predicted molar refractivity (Wildman–Crippen MR) is 352 cm³/mol. The van der Waals surface area contributed by atoms with Gasteiger partial charge in [0.2, 0.25) is 0 Å². The predicted octanol–water partition coefficient (Wildman–Crippen LogP) is 13.4. The van der Waals surface area contributed by atoms with Crippen LogP contribution in [0.4, 0.5) is 0 Å². The first kappa shape index (κ1) is 75.6.